The Morgan fingerprint density at radius 3 is 2.94 bits per heavy atom. The molecular weight excluding hydrogens is 208 g/mol. The molecule has 1 aliphatic carbocycles. The lowest BCUT2D eigenvalue weighted by molar-refractivity contribution is 0.301. The van der Waals surface area contributed by atoms with E-state index in [-0.39, 0.29) is 6.04 Å². The molecule has 94 valence electrons. The minimum absolute atomic E-state index is 0.240. The Morgan fingerprint density at radius 1 is 1.47 bits per heavy atom. The first-order valence-corrected chi connectivity index (χ1v) is 6.67. The van der Waals surface area contributed by atoms with Crippen LogP contribution in [0.2, 0.25) is 0 Å². The van der Waals surface area contributed by atoms with E-state index >= 15 is 0 Å². The van der Waals surface area contributed by atoms with Crippen molar-refractivity contribution in [3.05, 3.63) is 29.6 Å². The number of rotatable bonds is 2. The van der Waals surface area contributed by atoms with Crippen LogP contribution >= 0.6 is 0 Å². The Morgan fingerprint density at radius 2 is 2.24 bits per heavy atom. The lowest BCUT2D eigenvalue weighted by Gasteiger charge is -2.32. The smallest absolute Gasteiger partial charge is 0.0481 e. The zero-order valence-electron chi connectivity index (χ0n) is 11.2. The Bertz CT molecular complexity index is 379. The third kappa shape index (κ3) is 3.06. The van der Waals surface area contributed by atoms with E-state index < -0.39 is 0 Å². The van der Waals surface area contributed by atoms with Crippen LogP contribution in [0.25, 0.3) is 0 Å². The number of aryl methyl sites for hydroxylation is 1. The Balaban J connectivity index is 2.18. The van der Waals surface area contributed by atoms with Crippen LogP contribution in [0, 0.1) is 5.41 Å². The number of nitrogens with two attached hydrogens (primary N) is 1. The van der Waals surface area contributed by atoms with E-state index in [1.165, 1.54) is 30.5 Å². The average Bonchev–Trinajstić information content (AvgIpc) is 2.26. The molecule has 2 atom stereocenters. The lowest BCUT2D eigenvalue weighted by Crippen LogP contribution is -2.35. The second-order valence-electron chi connectivity index (χ2n) is 6.48. The quantitative estimate of drug-likeness (QED) is 0.850. The summed E-state index contributed by atoms with van der Waals surface area (Å²) in [5.74, 6) is 0.458. The molecule has 1 heterocycles. The summed E-state index contributed by atoms with van der Waals surface area (Å²) in [5.41, 5.74) is 9.38. The monoisotopic (exact) mass is 232 g/mol. The van der Waals surface area contributed by atoms with Gasteiger partial charge in [-0.2, -0.15) is 0 Å². The fraction of sp³-hybridized carbons (Fsp3) is 0.667. The zero-order valence-corrected chi connectivity index (χ0v) is 11.2. The van der Waals surface area contributed by atoms with Crippen molar-refractivity contribution in [2.45, 2.75) is 58.4 Å². The molecule has 0 bridgehead atoms. The predicted molar refractivity (Wildman–Crippen MR) is 72.0 cm³/mol. The highest BCUT2D eigenvalue weighted by Crippen LogP contribution is 2.35. The highest BCUT2D eigenvalue weighted by atomic mass is 14.7. The van der Waals surface area contributed by atoms with Gasteiger partial charge in [0.2, 0.25) is 0 Å². The molecule has 2 N–H and O–H groups in total. The molecule has 0 fully saturated rings. The SMILES string of the molecule is CC(C)(C)CC(N)C1CCCc2cccnc21. The summed E-state index contributed by atoms with van der Waals surface area (Å²) in [6.45, 7) is 6.78. The number of hydrogen-bond donors (Lipinski definition) is 1. The summed E-state index contributed by atoms with van der Waals surface area (Å²) in [6.07, 6.45) is 6.58. The number of fused-ring (bicyclic) bond motifs is 1. The maximum atomic E-state index is 6.41. The largest absolute Gasteiger partial charge is 0.327 e. The maximum Gasteiger partial charge on any atom is 0.0481 e. The van der Waals surface area contributed by atoms with Gasteiger partial charge in [0.15, 0.2) is 0 Å². The minimum Gasteiger partial charge on any atom is -0.327 e. The van der Waals surface area contributed by atoms with Crippen LogP contribution in [-0.2, 0) is 6.42 Å². The van der Waals surface area contributed by atoms with Crippen molar-refractivity contribution in [2.24, 2.45) is 11.1 Å². The third-order valence-corrected chi connectivity index (χ3v) is 3.60. The van der Waals surface area contributed by atoms with E-state index in [9.17, 15) is 0 Å². The topological polar surface area (TPSA) is 38.9 Å². The van der Waals surface area contributed by atoms with Crippen molar-refractivity contribution in [1.29, 1.82) is 0 Å². The lowest BCUT2D eigenvalue weighted by atomic mass is 9.76. The third-order valence-electron chi connectivity index (χ3n) is 3.60. The Hall–Kier alpha value is -0.890. The molecule has 0 aromatic carbocycles. The van der Waals surface area contributed by atoms with Crippen LogP contribution in [0.3, 0.4) is 0 Å². The molecule has 0 radical (unpaired) electrons. The van der Waals surface area contributed by atoms with Crippen molar-refractivity contribution in [1.82, 2.24) is 4.98 Å². The number of pyridine rings is 1. The molecule has 0 spiro atoms. The maximum absolute atomic E-state index is 6.41. The fourth-order valence-corrected chi connectivity index (χ4v) is 2.91. The molecule has 1 aromatic heterocycles. The van der Waals surface area contributed by atoms with Gasteiger partial charge in [-0.15, -0.1) is 0 Å². The van der Waals surface area contributed by atoms with Crippen LogP contribution in [0.15, 0.2) is 18.3 Å². The second kappa shape index (κ2) is 4.77. The zero-order chi connectivity index (χ0) is 12.5. The van der Waals surface area contributed by atoms with Gasteiger partial charge in [-0.3, -0.25) is 4.98 Å². The summed E-state index contributed by atoms with van der Waals surface area (Å²) < 4.78 is 0. The second-order valence-corrected chi connectivity index (χ2v) is 6.48. The average molecular weight is 232 g/mol. The first-order valence-electron chi connectivity index (χ1n) is 6.67. The van der Waals surface area contributed by atoms with Gasteiger partial charge in [-0.25, -0.2) is 0 Å². The highest BCUT2D eigenvalue weighted by molar-refractivity contribution is 5.27. The summed E-state index contributed by atoms with van der Waals surface area (Å²) in [7, 11) is 0. The van der Waals surface area contributed by atoms with Gasteiger partial charge in [0.1, 0.15) is 0 Å². The van der Waals surface area contributed by atoms with Gasteiger partial charge in [0.05, 0.1) is 0 Å². The number of hydrogen-bond acceptors (Lipinski definition) is 2. The van der Waals surface area contributed by atoms with E-state index in [0.29, 0.717) is 11.3 Å². The molecule has 0 saturated carbocycles. The molecule has 0 saturated heterocycles. The van der Waals surface area contributed by atoms with E-state index in [0.717, 1.165) is 6.42 Å². The van der Waals surface area contributed by atoms with Crippen molar-refractivity contribution in [3.8, 4) is 0 Å². The standard InChI is InChI=1S/C15H24N2/c1-15(2,3)10-13(16)12-8-4-6-11-7-5-9-17-14(11)12/h5,7,9,12-13H,4,6,8,10,16H2,1-3H3. The number of nitrogens with zero attached hydrogens (tertiary/aromatic N) is 1. The van der Waals surface area contributed by atoms with Crippen LogP contribution in [-0.4, -0.2) is 11.0 Å². The van der Waals surface area contributed by atoms with Crippen molar-refractivity contribution in [2.75, 3.05) is 0 Å². The minimum atomic E-state index is 0.240. The normalized spacial score (nSPS) is 22.0. The first-order chi connectivity index (χ1) is 7.97. The van der Waals surface area contributed by atoms with Gasteiger partial charge in [0, 0.05) is 23.9 Å². The van der Waals surface area contributed by atoms with Crippen LogP contribution in [0.1, 0.15) is 57.2 Å². The van der Waals surface area contributed by atoms with Crippen LogP contribution in [0.5, 0.6) is 0 Å². The predicted octanol–water partition coefficient (Wildman–Crippen LogP) is 3.27. The van der Waals surface area contributed by atoms with Gasteiger partial charge >= 0.3 is 0 Å². The molecule has 2 nitrogen and oxygen atoms in total. The summed E-state index contributed by atoms with van der Waals surface area (Å²) >= 11 is 0. The molecule has 1 aromatic rings. The summed E-state index contributed by atoms with van der Waals surface area (Å²) in [4.78, 5) is 4.57. The first kappa shape index (κ1) is 12.6. The molecular formula is C15H24N2. The van der Waals surface area contributed by atoms with Crippen LogP contribution < -0.4 is 5.73 Å². The molecule has 0 amide bonds. The van der Waals surface area contributed by atoms with Crippen molar-refractivity contribution in [3.63, 3.8) is 0 Å². The molecule has 2 heteroatoms. The van der Waals surface area contributed by atoms with Crippen molar-refractivity contribution < 1.29 is 0 Å². The Kier molecular flexibility index (Phi) is 3.53. The van der Waals surface area contributed by atoms with Gasteiger partial charge < -0.3 is 5.73 Å². The molecule has 17 heavy (non-hydrogen) atoms. The van der Waals surface area contributed by atoms with Gasteiger partial charge in [-0.1, -0.05) is 26.8 Å². The van der Waals surface area contributed by atoms with Crippen LogP contribution in [0.4, 0.5) is 0 Å². The van der Waals surface area contributed by atoms with E-state index in [4.69, 9.17) is 5.73 Å². The van der Waals surface area contributed by atoms with E-state index in [2.05, 4.69) is 31.8 Å². The summed E-state index contributed by atoms with van der Waals surface area (Å²) in [6, 6.07) is 4.48. The van der Waals surface area contributed by atoms with Gasteiger partial charge in [-0.05, 0) is 42.7 Å². The Labute approximate surface area is 105 Å². The highest BCUT2D eigenvalue weighted by Gasteiger charge is 2.29. The molecule has 2 unspecified atom stereocenters. The molecule has 0 aliphatic heterocycles. The van der Waals surface area contributed by atoms with Crippen molar-refractivity contribution >= 4 is 0 Å². The van der Waals surface area contributed by atoms with E-state index in [1.54, 1.807) is 0 Å². The number of aromatic nitrogens is 1. The van der Waals surface area contributed by atoms with Gasteiger partial charge in [0.25, 0.3) is 0 Å². The fourth-order valence-electron chi connectivity index (χ4n) is 2.91. The molecule has 2 rings (SSSR count). The van der Waals surface area contributed by atoms with E-state index in [1.807, 2.05) is 12.3 Å². The summed E-state index contributed by atoms with van der Waals surface area (Å²) in [5, 5.41) is 0. The molecule has 1 aliphatic rings.